The molecule has 1 saturated heterocycles. The van der Waals surface area contributed by atoms with Gasteiger partial charge in [0.1, 0.15) is 0 Å². The SMILES string of the molecule is O=C(NC[C@H]1NC[C@H](O)[C@@H]1O)c1ccccc1. The summed E-state index contributed by atoms with van der Waals surface area (Å²) in [4.78, 5) is 11.7. The highest BCUT2D eigenvalue weighted by atomic mass is 16.3. The number of hydrogen-bond donors (Lipinski definition) is 4. The van der Waals surface area contributed by atoms with Crippen molar-refractivity contribution in [2.45, 2.75) is 18.2 Å². The first-order valence-electron chi connectivity index (χ1n) is 5.61. The molecule has 3 atom stereocenters. The van der Waals surface area contributed by atoms with E-state index in [1.165, 1.54) is 0 Å². The minimum atomic E-state index is -0.828. The Morgan fingerprint density at radius 3 is 2.65 bits per heavy atom. The van der Waals surface area contributed by atoms with Crippen molar-refractivity contribution < 1.29 is 15.0 Å². The van der Waals surface area contributed by atoms with Crippen molar-refractivity contribution in [2.24, 2.45) is 0 Å². The van der Waals surface area contributed by atoms with E-state index >= 15 is 0 Å². The Labute approximate surface area is 99.5 Å². The average Bonchev–Trinajstić information content (AvgIpc) is 2.68. The molecule has 5 heteroatoms. The molecule has 0 bridgehead atoms. The van der Waals surface area contributed by atoms with Gasteiger partial charge in [0.2, 0.25) is 0 Å². The molecule has 1 aliphatic heterocycles. The van der Waals surface area contributed by atoms with E-state index in [9.17, 15) is 15.0 Å². The van der Waals surface area contributed by atoms with E-state index in [1.807, 2.05) is 6.07 Å². The highest BCUT2D eigenvalue weighted by molar-refractivity contribution is 5.94. The monoisotopic (exact) mass is 236 g/mol. The van der Waals surface area contributed by atoms with Crippen LogP contribution in [0.5, 0.6) is 0 Å². The van der Waals surface area contributed by atoms with Crippen molar-refractivity contribution in [3.63, 3.8) is 0 Å². The second-order valence-corrected chi connectivity index (χ2v) is 4.15. The van der Waals surface area contributed by atoms with E-state index in [0.717, 1.165) is 0 Å². The molecular formula is C12H16N2O3. The van der Waals surface area contributed by atoms with Crippen LogP contribution in [0.25, 0.3) is 0 Å². The van der Waals surface area contributed by atoms with E-state index in [1.54, 1.807) is 24.3 Å². The normalized spacial score (nSPS) is 28.0. The fourth-order valence-corrected chi connectivity index (χ4v) is 1.87. The number of carbonyl (C=O) groups excluding carboxylic acids is 1. The second kappa shape index (κ2) is 5.27. The zero-order chi connectivity index (χ0) is 12.3. The molecule has 1 aromatic carbocycles. The summed E-state index contributed by atoms with van der Waals surface area (Å²) < 4.78 is 0. The van der Waals surface area contributed by atoms with Crippen LogP contribution in [-0.4, -0.2) is 47.5 Å². The zero-order valence-corrected chi connectivity index (χ0v) is 9.34. The third-order valence-corrected chi connectivity index (χ3v) is 2.91. The number of aliphatic hydroxyl groups excluding tert-OH is 2. The fourth-order valence-electron chi connectivity index (χ4n) is 1.87. The van der Waals surface area contributed by atoms with Gasteiger partial charge in [-0.25, -0.2) is 0 Å². The molecule has 1 fully saturated rings. The number of benzene rings is 1. The van der Waals surface area contributed by atoms with Gasteiger partial charge in [0.25, 0.3) is 5.91 Å². The molecule has 4 N–H and O–H groups in total. The predicted octanol–water partition coefficient (Wildman–Crippen LogP) is -0.890. The highest BCUT2D eigenvalue weighted by Gasteiger charge is 2.32. The summed E-state index contributed by atoms with van der Waals surface area (Å²) >= 11 is 0. The molecule has 92 valence electrons. The Kier molecular flexibility index (Phi) is 3.73. The van der Waals surface area contributed by atoms with Gasteiger partial charge >= 0.3 is 0 Å². The van der Waals surface area contributed by atoms with Crippen LogP contribution in [0.4, 0.5) is 0 Å². The first-order valence-corrected chi connectivity index (χ1v) is 5.61. The van der Waals surface area contributed by atoms with Crippen LogP contribution in [0.2, 0.25) is 0 Å². The highest BCUT2D eigenvalue weighted by Crippen LogP contribution is 2.07. The van der Waals surface area contributed by atoms with E-state index in [-0.39, 0.29) is 11.9 Å². The molecule has 1 heterocycles. The molecule has 0 saturated carbocycles. The summed E-state index contributed by atoms with van der Waals surface area (Å²) in [5, 5.41) is 24.6. The topological polar surface area (TPSA) is 81.6 Å². The van der Waals surface area contributed by atoms with Gasteiger partial charge in [-0.1, -0.05) is 18.2 Å². The van der Waals surface area contributed by atoms with Crippen molar-refractivity contribution in [1.82, 2.24) is 10.6 Å². The number of β-amino-alcohol motifs (C(OH)–C–C–N with tert-alkyl or cyclic N) is 1. The van der Waals surface area contributed by atoms with Crippen LogP contribution < -0.4 is 10.6 Å². The molecule has 1 amide bonds. The molecule has 0 aromatic heterocycles. The Morgan fingerprint density at radius 2 is 2.06 bits per heavy atom. The van der Waals surface area contributed by atoms with Crippen LogP contribution in [0, 0.1) is 0 Å². The second-order valence-electron chi connectivity index (χ2n) is 4.15. The predicted molar refractivity (Wildman–Crippen MR) is 62.6 cm³/mol. The summed E-state index contributed by atoms with van der Waals surface area (Å²) in [6.07, 6.45) is -1.58. The summed E-state index contributed by atoms with van der Waals surface area (Å²) in [5.74, 6) is -0.180. The van der Waals surface area contributed by atoms with E-state index < -0.39 is 12.2 Å². The Hall–Kier alpha value is -1.43. The van der Waals surface area contributed by atoms with Crippen LogP contribution in [-0.2, 0) is 0 Å². The van der Waals surface area contributed by atoms with Crippen molar-refractivity contribution in [2.75, 3.05) is 13.1 Å². The van der Waals surface area contributed by atoms with Gasteiger partial charge < -0.3 is 20.8 Å². The van der Waals surface area contributed by atoms with Crippen molar-refractivity contribution in [3.05, 3.63) is 35.9 Å². The molecule has 17 heavy (non-hydrogen) atoms. The number of nitrogens with one attached hydrogen (secondary N) is 2. The van der Waals surface area contributed by atoms with E-state index in [4.69, 9.17) is 0 Å². The third kappa shape index (κ3) is 2.82. The number of amides is 1. The van der Waals surface area contributed by atoms with Gasteiger partial charge in [0.15, 0.2) is 0 Å². The maximum absolute atomic E-state index is 11.7. The minimum absolute atomic E-state index is 0.180. The van der Waals surface area contributed by atoms with Crippen molar-refractivity contribution >= 4 is 5.91 Å². The number of aliphatic hydroxyl groups is 2. The van der Waals surface area contributed by atoms with Gasteiger partial charge in [-0.05, 0) is 12.1 Å². The zero-order valence-electron chi connectivity index (χ0n) is 9.34. The first kappa shape index (κ1) is 12.0. The lowest BCUT2D eigenvalue weighted by atomic mass is 10.1. The lowest BCUT2D eigenvalue weighted by Gasteiger charge is -2.16. The Bertz CT molecular complexity index is 383. The molecule has 5 nitrogen and oxygen atoms in total. The van der Waals surface area contributed by atoms with Crippen LogP contribution in [0.1, 0.15) is 10.4 Å². The average molecular weight is 236 g/mol. The van der Waals surface area contributed by atoms with Crippen molar-refractivity contribution in [3.8, 4) is 0 Å². The summed E-state index contributed by atoms with van der Waals surface area (Å²) in [5.41, 5.74) is 0.584. The summed E-state index contributed by atoms with van der Waals surface area (Å²) in [6, 6.07) is 8.58. The largest absolute Gasteiger partial charge is 0.389 e. The molecule has 0 spiro atoms. The lowest BCUT2D eigenvalue weighted by molar-refractivity contribution is 0.0404. The van der Waals surface area contributed by atoms with Gasteiger partial charge in [-0.3, -0.25) is 4.79 Å². The minimum Gasteiger partial charge on any atom is -0.389 e. The van der Waals surface area contributed by atoms with Gasteiger partial charge in [0.05, 0.1) is 18.2 Å². The van der Waals surface area contributed by atoms with Crippen molar-refractivity contribution in [1.29, 1.82) is 0 Å². The van der Waals surface area contributed by atoms with Gasteiger partial charge in [-0.15, -0.1) is 0 Å². The first-order chi connectivity index (χ1) is 8.18. The third-order valence-electron chi connectivity index (χ3n) is 2.91. The number of carbonyl (C=O) groups is 1. The number of hydrogen-bond acceptors (Lipinski definition) is 4. The smallest absolute Gasteiger partial charge is 0.251 e. The van der Waals surface area contributed by atoms with Gasteiger partial charge in [-0.2, -0.15) is 0 Å². The molecule has 1 aromatic rings. The summed E-state index contributed by atoms with van der Waals surface area (Å²) in [6.45, 7) is 0.652. The number of rotatable bonds is 3. The lowest BCUT2D eigenvalue weighted by Crippen LogP contribution is -2.43. The molecule has 1 aliphatic rings. The maximum Gasteiger partial charge on any atom is 0.251 e. The van der Waals surface area contributed by atoms with E-state index in [2.05, 4.69) is 10.6 Å². The maximum atomic E-state index is 11.7. The molecule has 0 unspecified atom stereocenters. The molecule has 0 radical (unpaired) electrons. The van der Waals surface area contributed by atoms with E-state index in [0.29, 0.717) is 18.7 Å². The van der Waals surface area contributed by atoms with Crippen LogP contribution in [0.3, 0.4) is 0 Å². The van der Waals surface area contributed by atoms with Gasteiger partial charge in [0, 0.05) is 18.7 Å². The van der Waals surface area contributed by atoms with Crippen LogP contribution >= 0.6 is 0 Å². The fraction of sp³-hybridized carbons (Fsp3) is 0.417. The standard InChI is InChI=1S/C12H16N2O3/c15-10-7-13-9(11(10)16)6-14-12(17)8-4-2-1-3-5-8/h1-5,9-11,13,15-16H,6-7H2,(H,14,17)/t9-,10+,11-/m1/s1. The molecule has 0 aliphatic carbocycles. The summed E-state index contributed by atoms with van der Waals surface area (Å²) in [7, 11) is 0. The Balaban J connectivity index is 1.85. The van der Waals surface area contributed by atoms with Crippen LogP contribution in [0.15, 0.2) is 30.3 Å². The Morgan fingerprint density at radius 1 is 1.35 bits per heavy atom. The molecule has 2 rings (SSSR count). The quantitative estimate of drug-likeness (QED) is 0.549. The molecular weight excluding hydrogens is 220 g/mol.